The molecule has 0 bridgehead atoms. The van der Waals surface area contributed by atoms with Crippen molar-refractivity contribution < 1.29 is 0 Å². The van der Waals surface area contributed by atoms with E-state index in [1.165, 1.54) is 0 Å². The van der Waals surface area contributed by atoms with Crippen LogP contribution in [-0.2, 0) is 0 Å². The highest BCUT2D eigenvalue weighted by atomic mass is 33.1. The van der Waals surface area contributed by atoms with Gasteiger partial charge in [-0.25, -0.2) is 0 Å². The van der Waals surface area contributed by atoms with Crippen molar-refractivity contribution in [3.63, 3.8) is 0 Å². The van der Waals surface area contributed by atoms with Crippen molar-refractivity contribution in [1.29, 1.82) is 0 Å². The highest BCUT2D eigenvalue weighted by Gasteiger charge is 2.06. The zero-order valence-corrected chi connectivity index (χ0v) is 7.94. The second-order valence-corrected chi connectivity index (χ2v) is 5.13. The molecule has 50 valence electrons. The second kappa shape index (κ2) is 3.91. The van der Waals surface area contributed by atoms with Crippen molar-refractivity contribution in [2.45, 2.75) is 4.58 Å². The summed E-state index contributed by atoms with van der Waals surface area (Å²) in [5.74, 6) is 0. The van der Waals surface area contributed by atoms with Crippen molar-refractivity contribution in [2.75, 3.05) is 0 Å². The third kappa shape index (κ3) is 2.53. The summed E-state index contributed by atoms with van der Waals surface area (Å²) >= 11 is 8.51. The Bertz CT molecular complexity index is 149. The predicted molar refractivity (Wildman–Crippen MR) is 54.2 cm³/mol. The maximum Gasteiger partial charge on any atom is 0.0884 e. The summed E-state index contributed by atoms with van der Waals surface area (Å²) < 4.78 is 0.230. The highest BCUT2D eigenvalue weighted by Crippen LogP contribution is 2.37. The minimum atomic E-state index is 0.230. The monoisotopic (exact) mass is 194 g/mol. The summed E-state index contributed by atoms with van der Waals surface area (Å²) in [4.78, 5) is 1.02. The van der Waals surface area contributed by atoms with Crippen LogP contribution in [0.3, 0.4) is 0 Å². The quantitative estimate of drug-likeness (QED) is 0.449. The zero-order valence-electron chi connectivity index (χ0n) is 4.52. The Morgan fingerprint density at radius 1 is 1.56 bits per heavy atom. The van der Waals surface area contributed by atoms with Crippen molar-refractivity contribution in [3.8, 4) is 0 Å². The van der Waals surface area contributed by atoms with Crippen LogP contribution in [0.15, 0.2) is 22.5 Å². The first-order valence-corrected chi connectivity index (χ1v) is 5.60. The van der Waals surface area contributed by atoms with Crippen LogP contribution < -0.4 is 0 Å². The minimum Gasteiger partial charge on any atom is -0.159 e. The molecule has 1 unspecified atom stereocenters. The van der Waals surface area contributed by atoms with Crippen LogP contribution in [0.2, 0.25) is 0 Å². The van der Waals surface area contributed by atoms with E-state index in [4.69, 9.17) is 0 Å². The van der Waals surface area contributed by atoms with Crippen LogP contribution in [0.1, 0.15) is 0 Å². The van der Waals surface area contributed by atoms with Gasteiger partial charge in [0.25, 0.3) is 0 Å². The molecule has 1 rings (SSSR count). The summed E-state index contributed by atoms with van der Waals surface area (Å²) in [6.45, 7) is 0. The predicted octanol–water partition coefficient (Wildman–Crippen LogP) is 2.96. The molecule has 0 aliphatic carbocycles. The third-order valence-corrected chi connectivity index (χ3v) is 4.67. The number of hydrogen-bond donors (Lipinski definition) is 2. The Morgan fingerprint density at radius 2 is 2.33 bits per heavy atom. The molecule has 0 aromatic rings. The topological polar surface area (TPSA) is 0 Å². The smallest absolute Gasteiger partial charge is 0.0884 e. The molecule has 1 atom stereocenters. The molecule has 9 heavy (non-hydrogen) atoms. The van der Waals surface area contributed by atoms with E-state index >= 15 is 0 Å². The Kier molecular flexibility index (Phi) is 3.46. The van der Waals surface area contributed by atoms with E-state index in [9.17, 15) is 0 Å². The largest absolute Gasteiger partial charge is 0.159 e. The zero-order chi connectivity index (χ0) is 6.69. The van der Waals surface area contributed by atoms with Crippen molar-refractivity contribution in [2.24, 2.45) is 0 Å². The molecular weight excluding hydrogens is 188 g/mol. The summed E-state index contributed by atoms with van der Waals surface area (Å²) in [5.41, 5.74) is 0. The summed E-state index contributed by atoms with van der Waals surface area (Å²) in [6, 6.07) is 0. The average Bonchev–Trinajstić information content (AvgIpc) is 1.99. The van der Waals surface area contributed by atoms with Gasteiger partial charge in [-0.3, -0.25) is 0 Å². The fourth-order valence-corrected chi connectivity index (χ4v) is 2.88. The minimum absolute atomic E-state index is 0.230. The lowest BCUT2D eigenvalue weighted by atomic mass is 10.5. The van der Waals surface area contributed by atoms with Gasteiger partial charge >= 0.3 is 0 Å². The van der Waals surface area contributed by atoms with Gasteiger partial charge in [0.05, 0.1) is 4.58 Å². The Morgan fingerprint density at radius 3 is 3.11 bits per heavy atom. The van der Waals surface area contributed by atoms with Gasteiger partial charge < -0.3 is 0 Å². The number of rotatable bonds is 0. The van der Waals surface area contributed by atoms with Crippen LogP contribution in [-0.4, -0.2) is 4.58 Å². The molecule has 1 aliphatic rings. The SMILES string of the molecule is SC1=CC=CSSC1S. The van der Waals surface area contributed by atoms with Gasteiger partial charge in [0, 0.05) is 4.91 Å². The van der Waals surface area contributed by atoms with Gasteiger partial charge in [0.15, 0.2) is 0 Å². The van der Waals surface area contributed by atoms with Crippen LogP contribution in [0, 0.1) is 0 Å². The molecule has 0 nitrogen and oxygen atoms in total. The number of allylic oxidation sites excluding steroid dienone is 2. The molecular formula is C5H6S4. The van der Waals surface area contributed by atoms with E-state index in [2.05, 4.69) is 25.3 Å². The molecule has 0 fully saturated rings. The summed E-state index contributed by atoms with van der Waals surface area (Å²) in [7, 11) is 3.38. The van der Waals surface area contributed by atoms with Gasteiger partial charge in [-0.15, -0.1) is 12.6 Å². The van der Waals surface area contributed by atoms with Gasteiger partial charge in [-0.2, -0.15) is 12.6 Å². The number of hydrogen-bond acceptors (Lipinski definition) is 4. The van der Waals surface area contributed by atoms with Crippen molar-refractivity contribution >= 4 is 46.8 Å². The van der Waals surface area contributed by atoms with Gasteiger partial charge in [-0.05, 0) is 5.41 Å². The molecule has 4 heteroatoms. The maximum atomic E-state index is 4.28. The van der Waals surface area contributed by atoms with E-state index in [1.807, 2.05) is 17.6 Å². The van der Waals surface area contributed by atoms with Gasteiger partial charge in [-0.1, -0.05) is 33.7 Å². The van der Waals surface area contributed by atoms with E-state index in [0.29, 0.717) is 0 Å². The van der Waals surface area contributed by atoms with Crippen LogP contribution in [0.4, 0.5) is 0 Å². The molecule has 0 aromatic heterocycles. The molecule has 1 aliphatic heterocycles. The summed E-state index contributed by atoms with van der Waals surface area (Å²) in [5, 5.41) is 2.02. The van der Waals surface area contributed by atoms with Crippen LogP contribution in [0.5, 0.6) is 0 Å². The molecule has 0 aromatic carbocycles. The normalized spacial score (nSPS) is 27.3. The molecule has 0 N–H and O–H groups in total. The highest BCUT2D eigenvalue weighted by molar-refractivity contribution is 8.79. The van der Waals surface area contributed by atoms with Gasteiger partial charge in [0.1, 0.15) is 0 Å². The summed E-state index contributed by atoms with van der Waals surface area (Å²) in [6.07, 6.45) is 3.95. The first-order valence-electron chi connectivity index (χ1n) is 2.36. The second-order valence-electron chi connectivity index (χ2n) is 1.46. The lowest BCUT2D eigenvalue weighted by Gasteiger charge is -2.03. The molecule has 0 saturated heterocycles. The molecule has 1 heterocycles. The average molecular weight is 194 g/mol. The fraction of sp³-hybridized carbons (Fsp3) is 0.200. The molecule has 0 spiro atoms. The first kappa shape index (κ1) is 7.98. The fourth-order valence-electron chi connectivity index (χ4n) is 0.386. The lowest BCUT2D eigenvalue weighted by Crippen LogP contribution is -1.86. The molecule has 0 radical (unpaired) electrons. The van der Waals surface area contributed by atoms with Crippen LogP contribution >= 0.6 is 46.8 Å². The van der Waals surface area contributed by atoms with E-state index < -0.39 is 0 Å². The maximum absolute atomic E-state index is 4.28. The van der Waals surface area contributed by atoms with Gasteiger partial charge in [0.2, 0.25) is 0 Å². The lowest BCUT2D eigenvalue weighted by molar-refractivity contribution is 1.63. The van der Waals surface area contributed by atoms with Crippen LogP contribution in [0.25, 0.3) is 0 Å². The van der Waals surface area contributed by atoms with Crippen molar-refractivity contribution in [1.82, 2.24) is 0 Å². The number of thiol groups is 2. The Balaban J connectivity index is 2.63. The first-order chi connectivity index (χ1) is 4.30. The Labute approximate surface area is 73.8 Å². The van der Waals surface area contributed by atoms with E-state index in [0.717, 1.165) is 4.91 Å². The third-order valence-electron chi connectivity index (χ3n) is 0.801. The van der Waals surface area contributed by atoms with Crippen molar-refractivity contribution in [3.05, 3.63) is 22.5 Å². The standard InChI is InChI=1S/C5H6S4/c6-4-2-1-3-8-9-5(4)7/h1-3,5-7H. The molecule has 0 amide bonds. The van der Waals surface area contributed by atoms with E-state index in [-0.39, 0.29) is 4.58 Å². The Hall–Kier alpha value is 0.880. The van der Waals surface area contributed by atoms with E-state index in [1.54, 1.807) is 21.6 Å². The molecule has 0 saturated carbocycles.